The van der Waals surface area contributed by atoms with Crippen molar-refractivity contribution in [2.75, 3.05) is 24.6 Å². The molecule has 15 nitrogen and oxygen atoms in total. The highest BCUT2D eigenvalue weighted by Gasteiger charge is 2.52. The summed E-state index contributed by atoms with van der Waals surface area (Å²) in [5.74, 6) is -6.55. The Labute approximate surface area is 359 Å². The number of benzene rings is 2. The minimum absolute atomic E-state index is 0.0464. The third kappa shape index (κ3) is 11.5. The van der Waals surface area contributed by atoms with Gasteiger partial charge in [0.2, 0.25) is 23.5 Å². The fourth-order valence-electron chi connectivity index (χ4n) is 7.67. The molecule has 1 saturated carbocycles. The van der Waals surface area contributed by atoms with Gasteiger partial charge in [-0.05, 0) is 60.8 Å². The highest BCUT2D eigenvalue weighted by atomic mass is 35.5. The predicted molar refractivity (Wildman–Crippen MR) is 223 cm³/mol. The molecule has 59 heavy (non-hydrogen) atoms. The molecule has 0 bridgehead atoms. The summed E-state index contributed by atoms with van der Waals surface area (Å²) in [6, 6.07) is 5.24. The molecule has 2 aromatic rings. The molecular formula is C40H47Cl2N5O10S2. The van der Waals surface area contributed by atoms with E-state index in [9.17, 15) is 48.6 Å². The molecule has 3 aliphatic rings. The molecule has 318 valence electrons. The van der Waals surface area contributed by atoms with Crippen LogP contribution in [0.25, 0.3) is 0 Å². The molecule has 6 N–H and O–H groups in total. The van der Waals surface area contributed by atoms with Crippen molar-refractivity contribution in [2.24, 2.45) is 5.92 Å². The number of carbonyl (C=O) groups is 8. The van der Waals surface area contributed by atoms with Gasteiger partial charge < -0.3 is 36.4 Å². The van der Waals surface area contributed by atoms with Crippen LogP contribution in [0.3, 0.4) is 0 Å². The molecule has 1 aliphatic carbocycles. The minimum Gasteiger partial charge on any atom is -0.479 e. The van der Waals surface area contributed by atoms with Gasteiger partial charge in [-0.15, -0.1) is 23.5 Å². The van der Waals surface area contributed by atoms with Crippen LogP contribution in [0.5, 0.6) is 0 Å². The number of nitrogens with one attached hydrogen (secondary N) is 4. The molecule has 1 unspecified atom stereocenters. The number of aliphatic carboxylic acids is 1. The average molecular weight is 893 g/mol. The molecule has 2 heterocycles. The van der Waals surface area contributed by atoms with Crippen LogP contribution in [0, 0.1) is 5.92 Å². The van der Waals surface area contributed by atoms with Gasteiger partial charge in [0.05, 0.1) is 37.8 Å². The smallest absolute Gasteiger partial charge is 0.336 e. The highest BCUT2D eigenvalue weighted by Crippen LogP contribution is 2.50. The van der Waals surface area contributed by atoms with Gasteiger partial charge in [0, 0.05) is 13.0 Å². The van der Waals surface area contributed by atoms with Gasteiger partial charge in [0.1, 0.15) is 12.1 Å². The van der Waals surface area contributed by atoms with E-state index in [1.54, 1.807) is 48.6 Å². The lowest BCUT2D eigenvalue weighted by molar-refractivity contribution is -0.144. The Hall–Kier alpha value is -4.32. The fraction of sp³-hybridized carbons (Fsp3) is 0.500. The zero-order valence-electron chi connectivity index (χ0n) is 32.3. The van der Waals surface area contributed by atoms with E-state index in [0.717, 1.165) is 49.3 Å². The Balaban J connectivity index is 1.34. The number of ketones is 1. The fourth-order valence-corrected chi connectivity index (χ4v) is 11.3. The van der Waals surface area contributed by atoms with E-state index >= 15 is 0 Å². The van der Waals surface area contributed by atoms with Gasteiger partial charge in [0.25, 0.3) is 11.8 Å². The summed E-state index contributed by atoms with van der Waals surface area (Å²) in [5, 5.41) is 29.4. The topological polar surface area (TPSA) is 228 Å². The summed E-state index contributed by atoms with van der Waals surface area (Å²) in [6.07, 6.45) is 5.35. The molecule has 4 atom stereocenters. The van der Waals surface area contributed by atoms with Crippen molar-refractivity contribution in [1.82, 2.24) is 26.2 Å². The molecule has 1 spiro atoms. The molecular weight excluding hydrogens is 846 g/mol. The Morgan fingerprint density at radius 2 is 1.51 bits per heavy atom. The average Bonchev–Trinajstić information content (AvgIpc) is 3.60. The van der Waals surface area contributed by atoms with Crippen LogP contribution in [-0.4, -0.2) is 109 Å². The van der Waals surface area contributed by atoms with Crippen LogP contribution in [0.2, 0.25) is 10.0 Å². The quantitative estimate of drug-likeness (QED) is 0.129. The van der Waals surface area contributed by atoms with Crippen LogP contribution in [-0.2, 0) is 28.8 Å². The number of hydrogen-bond donors (Lipinski definition) is 6. The molecule has 5 rings (SSSR count). The van der Waals surface area contributed by atoms with Gasteiger partial charge in [-0.1, -0.05) is 86.1 Å². The van der Waals surface area contributed by atoms with Gasteiger partial charge in [0.15, 0.2) is 6.04 Å². The lowest BCUT2D eigenvalue weighted by Crippen LogP contribution is -2.58. The molecule has 2 saturated heterocycles. The SMILES string of the molecule is CCC[C@H](NC(=O)[C@@H]1CC2(CN1C(=O)[C@@H](NC(=O)c1cc(Cl)c(Cl)cc1C(=O)O)C1CCCCC1)SCCCS2)C(=O)C(=O)NCC(=O)NC(C(=O)O)c1ccccc1. The predicted octanol–water partition coefficient (Wildman–Crippen LogP) is 4.45. The third-order valence-electron chi connectivity index (χ3n) is 10.6. The lowest BCUT2D eigenvalue weighted by Gasteiger charge is -2.35. The van der Waals surface area contributed by atoms with Gasteiger partial charge >= 0.3 is 11.9 Å². The van der Waals surface area contributed by atoms with Crippen molar-refractivity contribution < 1.29 is 48.6 Å². The van der Waals surface area contributed by atoms with E-state index in [4.69, 9.17) is 23.2 Å². The van der Waals surface area contributed by atoms with E-state index in [-0.39, 0.29) is 40.9 Å². The molecule has 19 heteroatoms. The van der Waals surface area contributed by atoms with Crippen molar-refractivity contribution in [1.29, 1.82) is 0 Å². The summed E-state index contributed by atoms with van der Waals surface area (Å²) in [6.45, 7) is 1.21. The second-order valence-corrected chi connectivity index (χ2v) is 18.8. The lowest BCUT2D eigenvalue weighted by atomic mass is 9.83. The molecule has 0 radical (unpaired) electrons. The largest absolute Gasteiger partial charge is 0.479 e. The number of rotatable bonds is 16. The monoisotopic (exact) mass is 891 g/mol. The first-order valence-electron chi connectivity index (χ1n) is 19.5. The number of aromatic carboxylic acids is 1. The molecule has 2 aromatic carbocycles. The second-order valence-electron chi connectivity index (χ2n) is 14.8. The van der Waals surface area contributed by atoms with Crippen molar-refractivity contribution in [3.05, 3.63) is 69.2 Å². The number of thioether (sulfide) groups is 2. The maximum absolute atomic E-state index is 14.8. The molecule has 3 fully saturated rings. The Morgan fingerprint density at radius 1 is 0.864 bits per heavy atom. The van der Waals surface area contributed by atoms with Crippen LogP contribution >= 0.6 is 46.7 Å². The first kappa shape index (κ1) is 45.8. The number of carbonyl (C=O) groups excluding carboxylic acids is 6. The Bertz CT molecular complexity index is 1940. The first-order valence-corrected chi connectivity index (χ1v) is 22.2. The Kier molecular flexibility index (Phi) is 16.1. The number of Topliss-reactive ketones (excluding diaryl/α,β-unsaturated/α-hetero) is 1. The maximum Gasteiger partial charge on any atom is 0.336 e. The van der Waals surface area contributed by atoms with Crippen LogP contribution < -0.4 is 21.3 Å². The van der Waals surface area contributed by atoms with E-state index in [0.29, 0.717) is 24.8 Å². The van der Waals surface area contributed by atoms with Crippen molar-refractivity contribution in [3.8, 4) is 0 Å². The number of likely N-dealkylation sites (tertiary alicyclic amines) is 1. The van der Waals surface area contributed by atoms with Crippen molar-refractivity contribution in [3.63, 3.8) is 0 Å². The number of carboxylic acid groups (broad SMARTS) is 2. The molecule has 0 aromatic heterocycles. The standard InChI is InChI=1S/C40H47Cl2N5O10S2/c1-2-10-28(33(49)36(52)43-20-30(48)45-32(39(56)57)23-13-7-4-8-14-23)44-35(51)29-19-40(58-15-9-16-59-40)21-47(29)37(53)31(22-11-5-3-6-12-22)46-34(50)24-17-26(41)27(42)18-25(24)38(54)55/h4,7-8,13-14,17-18,22,28-29,31-32H,2-3,5-6,9-12,15-16,19-21H2,1H3,(H,43,52)(H,44,51)(H,45,48)(H,46,50)(H,54,55)(H,56,57)/t28-,29-,31-,32?/m0/s1. The van der Waals surface area contributed by atoms with Crippen LogP contribution in [0.4, 0.5) is 0 Å². The van der Waals surface area contributed by atoms with Crippen LogP contribution in [0.15, 0.2) is 42.5 Å². The number of carboxylic acids is 2. The summed E-state index contributed by atoms with van der Waals surface area (Å²) < 4.78 is -0.556. The van der Waals surface area contributed by atoms with Gasteiger partial charge in [-0.2, -0.15) is 0 Å². The number of amides is 5. The highest BCUT2D eigenvalue weighted by molar-refractivity contribution is 8.18. The minimum atomic E-state index is -1.41. The summed E-state index contributed by atoms with van der Waals surface area (Å²) >= 11 is 15.5. The third-order valence-corrected chi connectivity index (χ3v) is 14.7. The van der Waals surface area contributed by atoms with E-state index in [1.165, 1.54) is 17.0 Å². The first-order chi connectivity index (χ1) is 28.1. The van der Waals surface area contributed by atoms with Crippen molar-refractivity contribution >= 4 is 94.0 Å². The molecule has 5 amide bonds. The number of hydrogen-bond acceptors (Lipinski definition) is 10. The summed E-state index contributed by atoms with van der Waals surface area (Å²) in [4.78, 5) is 108. The zero-order valence-corrected chi connectivity index (χ0v) is 35.4. The maximum atomic E-state index is 14.8. The molecule has 2 aliphatic heterocycles. The summed E-state index contributed by atoms with van der Waals surface area (Å²) in [7, 11) is 0. The Morgan fingerprint density at radius 3 is 2.12 bits per heavy atom. The van der Waals surface area contributed by atoms with E-state index in [2.05, 4.69) is 21.3 Å². The number of nitrogens with zero attached hydrogens (tertiary/aromatic N) is 1. The second kappa shape index (κ2) is 20.8. The van der Waals surface area contributed by atoms with Gasteiger partial charge in [-0.25, -0.2) is 9.59 Å². The number of halogens is 2. The van der Waals surface area contributed by atoms with Crippen LogP contribution in [0.1, 0.15) is 97.0 Å². The van der Waals surface area contributed by atoms with Gasteiger partial charge in [-0.3, -0.25) is 28.8 Å². The van der Waals surface area contributed by atoms with Crippen molar-refractivity contribution in [2.45, 2.75) is 93.0 Å². The zero-order chi connectivity index (χ0) is 42.9. The van der Waals surface area contributed by atoms with E-state index < -0.39 is 87.6 Å². The normalized spacial score (nSPS) is 19.2. The summed E-state index contributed by atoms with van der Waals surface area (Å²) in [5.41, 5.74) is -0.369. The van der Waals surface area contributed by atoms with E-state index in [1.807, 2.05) is 0 Å².